The molecule has 1 aliphatic rings. The minimum atomic E-state index is -3.49. The molecule has 0 amide bonds. The first-order valence-corrected chi connectivity index (χ1v) is 11.1. The second kappa shape index (κ2) is 8.44. The monoisotopic (exact) mass is 387 g/mol. The van der Waals surface area contributed by atoms with Gasteiger partial charge in [0.05, 0.1) is 11.5 Å². The van der Waals surface area contributed by atoms with E-state index in [-0.39, 0.29) is 0 Å². The Morgan fingerprint density at radius 2 is 1.70 bits per heavy atom. The molecule has 0 spiro atoms. The van der Waals surface area contributed by atoms with E-state index in [4.69, 9.17) is 4.74 Å². The molecule has 5 heteroatoms. The molecule has 146 valence electrons. The third-order valence-corrected chi connectivity index (χ3v) is 7.37. The van der Waals surface area contributed by atoms with Crippen molar-refractivity contribution in [2.75, 3.05) is 19.7 Å². The van der Waals surface area contributed by atoms with Crippen LogP contribution in [0.2, 0.25) is 0 Å². The number of benzene rings is 2. The second-order valence-electron chi connectivity index (χ2n) is 7.35. The van der Waals surface area contributed by atoms with Crippen molar-refractivity contribution in [3.63, 3.8) is 0 Å². The molecule has 4 nitrogen and oxygen atoms in total. The summed E-state index contributed by atoms with van der Waals surface area (Å²) in [7, 11) is -3.49. The Kier molecular flexibility index (Phi) is 6.22. The summed E-state index contributed by atoms with van der Waals surface area (Å²) in [4.78, 5) is 0.373. The molecular weight excluding hydrogens is 358 g/mol. The van der Waals surface area contributed by atoms with Gasteiger partial charge in [-0.2, -0.15) is 4.31 Å². The fourth-order valence-corrected chi connectivity index (χ4v) is 5.53. The number of aryl methyl sites for hydroxylation is 2. The predicted molar refractivity (Wildman–Crippen MR) is 109 cm³/mol. The van der Waals surface area contributed by atoms with Crippen LogP contribution in [0.3, 0.4) is 0 Å². The predicted octanol–water partition coefficient (Wildman–Crippen LogP) is 4.35. The van der Waals surface area contributed by atoms with Crippen LogP contribution in [0.4, 0.5) is 0 Å². The van der Waals surface area contributed by atoms with Crippen LogP contribution in [0, 0.1) is 19.8 Å². The zero-order valence-electron chi connectivity index (χ0n) is 16.4. The van der Waals surface area contributed by atoms with Crippen LogP contribution in [-0.2, 0) is 16.4 Å². The number of rotatable bonds is 6. The molecule has 0 radical (unpaired) electrons. The van der Waals surface area contributed by atoms with E-state index in [1.807, 2.05) is 32.9 Å². The lowest BCUT2D eigenvalue weighted by molar-refractivity contribution is 0.272. The van der Waals surface area contributed by atoms with Gasteiger partial charge in [-0.05, 0) is 62.6 Å². The van der Waals surface area contributed by atoms with Crippen LogP contribution < -0.4 is 4.74 Å². The quantitative estimate of drug-likeness (QED) is 0.740. The molecule has 0 atom stereocenters. The molecule has 2 aromatic rings. The van der Waals surface area contributed by atoms with Gasteiger partial charge in [0.15, 0.2) is 0 Å². The summed E-state index contributed by atoms with van der Waals surface area (Å²) in [5.41, 5.74) is 3.08. The molecule has 0 saturated carbocycles. The lowest BCUT2D eigenvalue weighted by Gasteiger charge is -2.31. The highest BCUT2D eigenvalue weighted by Gasteiger charge is 2.31. The molecular formula is C22H29NO3S. The topological polar surface area (TPSA) is 46.6 Å². The third kappa shape index (κ3) is 4.53. The summed E-state index contributed by atoms with van der Waals surface area (Å²) in [6, 6.07) is 14.0. The molecule has 0 unspecified atom stereocenters. The zero-order chi connectivity index (χ0) is 19.4. The Bertz CT molecular complexity index is 870. The molecule has 2 aromatic carbocycles. The molecule has 0 aromatic heterocycles. The number of ether oxygens (including phenoxy) is 1. The summed E-state index contributed by atoms with van der Waals surface area (Å²) in [5, 5.41) is 0. The summed E-state index contributed by atoms with van der Waals surface area (Å²) >= 11 is 0. The first-order valence-electron chi connectivity index (χ1n) is 9.70. The van der Waals surface area contributed by atoms with Crippen molar-refractivity contribution in [2.24, 2.45) is 5.92 Å². The maximum Gasteiger partial charge on any atom is 0.243 e. The van der Waals surface area contributed by atoms with E-state index in [0.29, 0.717) is 36.3 Å². The molecule has 0 N–H and O–H groups in total. The first kappa shape index (κ1) is 19.9. The van der Waals surface area contributed by atoms with Crippen molar-refractivity contribution in [3.05, 3.63) is 59.2 Å². The average Bonchev–Trinajstić information content (AvgIpc) is 2.65. The second-order valence-corrected chi connectivity index (χ2v) is 9.26. The summed E-state index contributed by atoms with van der Waals surface area (Å²) in [6.45, 7) is 7.40. The van der Waals surface area contributed by atoms with E-state index in [1.165, 1.54) is 5.56 Å². The van der Waals surface area contributed by atoms with Crippen molar-refractivity contribution < 1.29 is 13.2 Å². The van der Waals surface area contributed by atoms with E-state index < -0.39 is 10.0 Å². The van der Waals surface area contributed by atoms with E-state index in [9.17, 15) is 8.42 Å². The molecule has 3 rings (SSSR count). The highest BCUT2D eigenvalue weighted by molar-refractivity contribution is 7.89. The Labute approximate surface area is 163 Å². The van der Waals surface area contributed by atoms with Gasteiger partial charge in [-0.1, -0.05) is 36.4 Å². The summed E-state index contributed by atoms with van der Waals surface area (Å²) < 4.78 is 33.7. The number of sulfonamides is 1. The number of nitrogens with zero attached hydrogens (tertiary/aromatic N) is 1. The minimum absolute atomic E-state index is 0.373. The van der Waals surface area contributed by atoms with Gasteiger partial charge < -0.3 is 4.74 Å². The van der Waals surface area contributed by atoms with Crippen molar-refractivity contribution in [1.82, 2.24) is 4.31 Å². The largest absolute Gasteiger partial charge is 0.494 e. The van der Waals surface area contributed by atoms with Gasteiger partial charge in [0.25, 0.3) is 0 Å². The lowest BCUT2D eigenvalue weighted by atomic mass is 9.91. The van der Waals surface area contributed by atoms with Crippen LogP contribution >= 0.6 is 0 Å². The van der Waals surface area contributed by atoms with E-state index in [1.54, 1.807) is 10.4 Å². The van der Waals surface area contributed by atoms with E-state index >= 15 is 0 Å². The molecule has 1 fully saturated rings. The van der Waals surface area contributed by atoms with Crippen molar-refractivity contribution in [3.8, 4) is 5.75 Å². The van der Waals surface area contributed by atoms with Crippen molar-refractivity contribution in [2.45, 2.75) is 44.9 Å². The number of hydrogen-bond acceptors (Lipinski definition) is 3. The maximum absolute atomic E-state index is 13.2. The van der Waals surface area contributed by atoms with Crippen LogP contribution in [0.1, 0.15) is 36.5 Å². The number of hydrogen-bond donors (Lipinski definition) is 0. The normalized spacial score (nSPS) is 16.4. The molecule has 1 aliphatic heterocycles. The number of piperidine rings is 1. The van der Waals surface area contributed by atoms with Crippen molar-refractivity contribution >= 4 is 10.0 Å². The fourth-order valence-electron chi connectivity index (χ4n) is 3.84. The summed E-state index contributed by atoms with van der Waals surface area (Å²) in [5.74, 6) is 1.19. The average molecular weight is 388 g/mol. The first-order chi connectivity index (χ1) is 12.9. The molecule has 0 aliphatic carbocycles. The lowest BCUT2D eigenvalue weighted by Crippen LogP contribution is -2.39. The van der Waals surface area contributed by atoms with E-state index in [2.05, 4.69) is 24.3 Å². The highest BCUT2D eigenvalue weighted by Crippen LogP contribution is 2.31. The fraction of sp³-hybridized carbons (Fsp3) is 0.455. The van der Waals surface area contributed by atoms with Gasteiger partial charge in [0.1, 0.15) is 5.75 Å². The van der Waals surface area contributed by atoms with Gasteiger partial charge in [0.2, 0.25) is 10.0 Å². The zero-order valence-corrected chi connectivity index (χ0v) is 17.3. The molecule has 0 bridgehead atoms. The van der Waals surface area contributed by atoms with Gasteiger partial charge in [-0.3, -0.25) is 0 Å². The summed E-state index contributed by atoms with van der Waals surface area (Å²) in [6.07, 6.45) is 2.82. The van der Waals surface area contributed by atoms with Gasteiger partial charge in [-0.25, -0.2) is 8.42 Å². The van der Waals surface area contributed by atoms with Crippen LogP contribution in [0.15, 0.2) is 47.4 Å². The standard InChI is InChI=1S/C22H29NO3S/c1-4-26-21-16-22(18(3)14-17(21)2)27(24,25)23-12-10-20(11-13-23)15-19-8-6-5-7-9-19/h5-9,14,16,20H,4,10-13,15H2,1-3H3. The SMILES string of the molecule is CCOc1cc(S(=O)(=O)N2CCC(Cc3ccccc3)CC2)c(C)cc1C. The third-order valence-electron chi connectivity index (χ3n) is 5.33. The smallest absolute Gasteiger partial charge is 0.243 e. The van der Waals surface area contributed by atoms with Crippen molar-refractivity contribution in [1.29, 1.82) is 0 Å². The minimum Gasteiger partial charge on any atom is -0.494 e. The van der Waals surface area contributed by atoms with Gasteiger partial charge in [-0.15, -0.1) is 0 Å². The molecule has 1 saturated heterocycles. The van der Waals surface area contributed by atoms with Crippen LogP contribution in [0.25, 0.3) is 0 Å². The Balaban J connectivity index is 1.72. The highest BCUT2D eigenvalue weighted by atomic mass is 32.2. The van der Waals surface area contributed by atoms with Crippen LogP contribution in [-0.4, -0.2) is 32.4 Å². The van der Waals surface area contributed by atoms with Gasteiger partial charge >= 0.3 is 0 Å². The Morgan fingerprint density at radius 1 is 1.04 bits per heavy atom. The van der Waals surface area contributed by atoms with Gasteiger partial charge in [0, 0.05) is 19.2 Å². The maximum atomic E-state index is 13.2. The van der Waals surface area contributed by atoms with Crippen LogP contribution in [0.5, 0.6) is 5.75 Å². The Hall–Kier alpha value is -1.85. The molecule has 27 heavy (non-hydrogen) atoms. The molecule has 1 heterocycles. The van der Waals surface area contributed by atoms with E-state index in [0.717, 1.165) is 30.4 Å². The Morgan fingerprint density at radius 3 is 2.33 bits per heavy atom.